The van der Waals surface area contributed by atoms with Crippen LogP contribution in [0.3, 0.4) is 0 Å². The predicted octanol–water partition coefficient (Wildman–Crippen LogP) is 13.2. The second kappa shape index (κ2) is 29.4. The minimum absolute atomic E-state index is 0.00351. The lowest BCUT2D eigenvalue weighted by molar-refractivity contribution is -0.152. The maximum Gasteiger partial charge on any atom is 0.157 e. The number of unbranched alkanes of at least 4 members (excludes halogenated alkanes) is 22. The Hall–Kier alpha value is -0.0800. The monoisotopic (exact) mass is 553 g/mol. The normalized spacial score (nSPS) is 13.0. The van der Waals surface area contributed by atoms with Gasteiger partial charge in [-0.15, -0.1) is 0 Å². The highest BCUT2D eigenvalue weighted by Crippen LogP contribution is 2.30. The molecular formula is C37H76O2. The summed E-state index contributed by atoms with van der Waals surface area (Å²) >= 11 is 0. The third-order valence-corrected chi connectivity index (χ3v) is 9.21. The summed E-state index contributed by atoms with van der Waals surface area (Å²) in [4.78, 5) is 0. The lowest BCUT2D eigenvalue weighted by Gasteiger charge is -2.30. The van der Waals surface area contributed by atoms with Gasteiger partial charge in [0.05, 0.1) is 6.61 Å². The maximum absolute atomic E-state index is 6.31. The van der Waals surface area contributed by atoms with Gasteiger partial charge in [-0.25, -0.2) is 0 Å². The molecule has 1 atom stereocenters. The van der Waals surface area contributed by atoms with Crippen molar-refractivity contribution in [3.8, 4) is 0 Å². The molecule has 0 fully saturated rings. The molecule has 0 saturated carbocycles. The van der Waals surface area contributed by atoms with Crippen molar-refractivity contribution in [1.29, 1.82) is 0 Å². The van der Waals surface area contributed by atoms with E-state index >= 15 is 0 Å². The van der Waals surface area contributed by atoms with Gasteiger partial charge < -0.3 is 9.47 Å². The summed E-state index contributed by atoms with van der Waals surface area (Å²) in [5.41, 5.74) is 0.329. The summed E-state index contributed by atoms with van der Waals surface area (Å²) in [6.07, 6.45) is 35.6. The second-order valence-corrected chi connectivity index (χ2v) is 13.6. The molecule has 0 amide bonds. The summed E-state index contributed by atoms with van der Waals surface area (Å²) in [5.74, 6) is 0.679. The standard InChI is InChI=1S/C37H76O2/c1-7-9-11-13-15-17-19-21-23-25-27-29-31-36(39-34-32-37(5,6)35(3)4)38-33-30-28-26-24-22-20-18-16-14-12-10-8-2/h35-36H,7-34H2,1-6H3. The summed E-state index contributed by atoms with van der Waals surface area (Å²) < 4.78 is 12.6. The largest absolute Gasteiger partial charge is 0.353 e. The number of hydrogen-bond donors (Lipinski definition) is 0. The van der Waals surface area contributed by atoms with Gasteiger partial charge in [-0.2, -0.15) is 0 Å². The van der Waals surface area contributed by atoms with Crippen LogP contribution in [0.5, 0.6) is 0 Å². The summed E-state index contributed by atoms with van der Waals surface area (Å²) in [6.45, 7) is 15.7. The van der Waals surface area contributed by atoms with Gasteiger partial charge in [-0.05, 0) is 37.0 Å². The molecule has 39 heavy (non-hydrogen) atoms. The van der Waals surface area contributed by atoms with Gasteiger partial charge in [0.1, 0.15) is 0 Å². The van der Waals surface area contributed by atoms with E-state index in [9.17, 15) is 0 Å². The molecule has 0 N–H and O–H groups in total. The van der Waals surface area contributed by atoms with Crippen LogP contribution in [0.4, 0.5) is 0 Å². The van der Waals surface area contributed by atoms with Gasteiger partial charge in [0, 0.05) is 6.61 Å². The van der Waals surface area contributed by atoms with Crippen LogP contribution in [-0.4, -0.2) is 19.5 Å². The molecule has 1 unspecified atom stereocenters. The average molecular weight is 553 g/mol. The Morgan fingerprint density at radius 2 is 0.769 bits per heavy atom. The number of rotatable bonds is 32. The van der Waals surface area contributed by atoms with Crippen molar-refractivity contribution < 1.29 is 9.47 Å². The topological polar surface area (TPSA) is 18.5 Å². The Balaban J connectivity index is 3.94. The zero-order valence-electron chi connectivity index (χ0n) is 28.3. The van der Waals surface area contributed by atoms with Crippen molar-refractivity contribution >= 4 is 0 Å². The van der Waals surface area contributed by atoms with Crippen molar-refractivity contribution in [3.63, 3.8) is 0 Å². The quantitative estimate of drug-likeness (QED) is 0.0610. The maximum atomic E-state index is 6.31. The van der Waals surface area contributed by atoms with Crippen LogP contribution in [-0.2, 0) is 9.47 Å². The summed E-state index contributed by atoms with van der Waals surface area (Å²) in [6, 6.07) is 0. The second-order valence-electron chi connectivity index (χ2n) is 13.6. The lowest BCUT2D eigenvalue weighted by atomic mass is 9.79. The zero-order chi connectivity index (χ0) is 28.9. The molecule has 0 aromatic heterocycles. The molecule has 0 radical (unpaired) electrons. The van der Waals surface area contributed by atoms with Crippen LogP contribution in [0.1, 0.15) is 208 Å². The minimum atomic E-state index is 0.00351. The van der Waals surface area contributed by atoms with Crippen LogP contribution < -0.4 is 0 Å². The van der Waals surface area contributed by atoms with Gasteiger partial charge in [0.25, 0.3) is 0 Å². The molecule has 0 saturated heterocycles. The molecule has 0 aromatic carbocycles. The fourth-order valence-electron chi connectivity index (χ4n) is 5.27. The molecule has 2 nitrogen and oxygen atoms in total. The van der Waals surface area contributed by atoms with E-state index < -0.39 is 0 Å². The van der Waals surface area contributed by atoms with E-state index in [1.54, 1.807) is 0 Å². The Kier molecular flexibility index (Phi) is 29.4. The van der Waals surface area contributed by atoms with Crippen molar-refractivity contribution in [1.82, 2.24) is 0 Å². The lowest BCUT2D eigenvalue weighted by Crippen LogP contribution is -2.25. The SMILES string of the molecule is CCCCCCCCCCCCCCOC(CCCCCCCCCCCCCC)OCCC(C)(C)C(C)C. The van der Waals surface area contributed by atoms with Gasteiger partial charge >= 0.3 is 0 Å². The van der Waals surface area contributed by atoms with E-state index in [1.165, 1.54) is 154 Å². The molecule has 0 spiro atoms. The first-order valence-corrected chi connectivity index (χ1v) is 18.2. The highest BCUT2D eigenvalue weighted by atomic mass is 16.7. The molecular weight excluding hydrogens is 476 g/mol. The van der Waals surface area contributed by atoms with Crippen molar-refractivity contribution in [2.24, 2.45) is 11.3 Å². The first kappa shape index (κ1) is 38.9. The van der Waals surface area contributed by atoms with E-state index in [1.807, 2.05) is 0 Å². The summed E-state index contributed by atoms with van der Waals surface area (Å²) in [5, 5.41) is 0. The first-order valence-electron chi connectivity index (χ1n) is 18.2. The van der Waals surface area contributed by atoms with Crippen molar-refractivity contribution in [3.05, 3.63) is 0 Å². The third-order valence-electron chi connectivity index (χ3n) is 9.21. The van der Waals surface area contributed by atoms with E-state index in [2.05, 4.69) is 41.5 Å². The van der Waals surface area contributed by atoms with Crippen LogP contribution >= 0.6 is 0 Å². The highest BCUT2D eigenvalue weighted by Gasteiger charge is 2.22. The van der Waals surface area contributed by atoms with E-state index in [4.69, 9.17) is 9.47 Å². The van der Waals surface area contributed by atoms with Gasteiger partial charge in [0.15, 0.2) is 6.29 Å². The minimum Gasteiger partial charge on any atom is -0.353 e. The fraction of sp³-hybridized carbons (Fsp3) is 1.00. The van der Waals surface area contributed by atoms with Gasteiger partial charge in [-0.1, -0.05) is 183 Å². The molecule has 2 heteroatoms. The molecule has 0 heterocycles. The molecule has 0 aromatic rings. The van der Waals surface area contributed by atoms with Crippen molar-refractivity contribution in [2.75, 3.05) is 13.2 Å². The summed E-state index contributed by atoms with van der Waals surface area (Å²) in [7, 11) is 0. The molecule has 0 rings (SSSR count). The average Bonchev–Trinajstić information content (AvgIpc) is 2.91. The molecule has 0 aliphatic rings. The van der Waals surface area contributed by atoms with Crippen LogP contribution in [0, 0.1) is 11.3 Å². The molecule has 0 bridgehead atoms. The fourth-order valence-corrected chi connectivity index (χ4v) is 5.27. The van der Waals surface area contributed by atoms with E-state index in [-0.39, 0.29) is 6.29 Å². The first-order chi connectivity index (χ1) is 18.9. The number of ether oxygens (including phenoxy) is 2. The third kappa shape index (κ3) is 27.8. The zero-order valence-corrected chi connectivity index (χ0v) is 28.3. The molecule has 236 valence electrons. The van der Waals surface area contributed by atoms with E-state index in [0.29, 0.717) is 11.3 Å². The Morgan fingerprint density at radius 1 is 0.436 bits per heavy atom. The van der Waals surface area contributed by atoms with Crippen LogP contribution in [0.15, 0.2) is 0 Å². The van der Waals surface area contributed by atoms with Crippen LogP contribution in [0.2, 0.25) is 0 Å². The predicted molar refractivity (Wildman–Crippen MR) is 176 cm³/mol. The smallest absolute Gasteiger partial charge is 0.157 e. The highest BCUT2D eigenvalue weighted by molar-refractivity contribution is 4.72. The Morgan fingerprint density at radius 3 is 1.15 bits per heavy atom. The molecule has 0 aliphatic carbocycles. The Labute approximate surface area is 248 Å². The molecule has 0 aliphatic heterocycles. The Bertz CT molecular complexity index is 458. The number of hydrogen-bond acceptors (Lipinski definition) is 2. The van der Waals surface area contributed by atoms with Crippen molar-refractivity contribution in [2.45, 2.75) is 215 Å². The van der Waals surface area contributed by atoms with Crippen LogP contribution in [0.25, 0.3) is 0 Å². The van der Waals surface area contributed by atoms with Gasteiger partial charge in [-0.3, -0.25) is 0 Å². The van der Waals surface area contributed by atoms with E-state index in [0.717, 1.165) is 26.1 Å². The van der Waals surface area contributed by atoms with Gasteiger partial charge in [0.2, 0.25) is 0 Å².